The number of sulfonamides is 1. The first-order valence-corrected chi connectivity index (χ1v) is 6.54. The van der Waals surface area contributed by atoms with Gasteiger partial charge in [0.05, 0.1) is 10.8 Å². The summed E-state index contributed by atoms with van der Waals surface area (Å²) in [5.41, 5.74) is 0.409. The smallest absolute Gasteiger partial charge is 0.236 e. The average Bonchev–Trinajstić information content (AvgIpc) is 2.14. The maximum Gasteiger partial charge on any atom is 0.236 e. The zero-order valence-corrected chi connectivity index (χ0v) is 9.37. The number of nitrogens with zero attached hydrogens (tertiary/aromatic N) is 2. The second-order valence-electron chi connectivity index (χ2n) is 3.74. The highest BCUT2D eigenvalue weighted by molar-refractivity contribution is 7.93. The fraction of sp³-hybridized carbons (Fsp3) is 0.400. The maximum atomic E-state index is 11.7. The molecular weight excluding hydrogens is 226 g/mol. The SMILES string of the molecule is N#Cc1ccc(NS(=O)(=O)C2CCC2)nc1. The van der Waals surface area contributed by atoms with Crippen molar-refractivity contribution in [1.82, 2.24) is 4.98 Å². The predicted octanol–water partition coefficient (Wildman–Crippen LogP) is 1.25. The molecule has 1 saturated carbocycles. The van der Waals surface area contributed by atoms with Gasteiger partial charge in [0.25, 0.3) is 0 Å². The summed E-state index contributed by atoms with van der Waals surface area (Å²) in [4.78, 5) is 3.86. The van der Waals surface area contributed by atoms with Crippen LogP contribution >= 0.6 is 0 Å². The van der Waals surface area contributed by atoms with Gasteiger partial charge in [0.2, 0.25) is 10.0 Å². The Morgan fingerprint density at radius 1 is 1.44 bits per heavy atom. The van der Waals surface area contributed by atoms with E-state index in [9.17, 15) is 8.42 Å². The molecule has 0 saturated heterocycles. The first-order valence-electron chi connectivity index (χ1n) is 4.99. The molecule has 0 atom stereocenters. The molecule has 1 aliphatic rings. The molecule has 1 fully saturated rings. The average molecular weight is 237 g/mol. The Morgan fingerprint density at radius 2 is 2.19 bits per heavy atom. The molecule has 5 nitrogen and oxygen atoms in total. The number of nitrogens with one attached hydrogen (secondary N) is 1. The third kappa shape index (κ3) is 2.14. The largest absolute Gasteiger partial charge is 0.267 e. The van der Waals surface area contributed by atoms with E-state index in [-0.39, 0.29) is 11.1 Å². The lowest BCUT2D eigenvalue weighted by atomic mass is 10.0. The van der Waals surface area contributed by atoms with E-state index in [2.05, 4.69) is 9.71 Å². The highest BCUT2D eigenvalue weighted by Crippen LogP contribution is 2.26. The lowest BCUT2D eigenvalue weighted by Crippen LogP contribution is -2.33. The lowest BCUT2D eigenvalue weighted by Gasteiger charge is -2.25. The van der Waals surface area contributed by atoms with E-state index in [0.29, 0.717) is 18.4 Å². The van der Waals surface area contributed by atoms with E-state index in [1.54, 1.807) is 0 Å². The minimum absolute atomic E-state index is 0.269. The lowest BCUT2D eigenvalue weighted by molar-refractivity contribution is 0.479. The second-order valence-corrected chi connectivity index (χ2v) is 5.70. The molecule has 0 aliphatic heterocycles. The van der Waals surface area contributed by atoms with Gasteiger partial charge < -0.3 is 0 Å². The Morgan fingerprint density at radius 3 is 2.62 bits per heavy atom. The van der Waals surface area contributed by atoms with Gasteiger partial charge in [-0.3, -0.25) is 4.72 Å². The summed E-state index contributed by atoms with van der Waals surface area (Å²) in [6.45, 7) is 0. The van der Waals surface area contributed by atoms with Crippen LogP contribution in [0.4, 0.5) is 5.82 Å². The molecule has 6 heteroatoms. The predicted molar refractivity (Wildman–Crippen MR) is 59.1 cm³/mol. The van der Waals surface area contributed by atoms with Crippen LogP contribution < -0.4 is 4.72 Å². The zero-order valence-electron chi connectivity index (χ0n) is 8.55. The summed E-state index contributed by atoms with van der Waals surface area (Å²) in [5.74, 6) is 0.269. The normalized spacial score (nSPS) is 16.2. The van der Waals surface area contributed by atoms with Gasteiger partial charge in [-0.15, -0.1) is 0 Å². The van der Waals surface area contributed by atoms with Gasteiger partial charge in [-0.25, -0.2) is 13.4 Å². The van der Waals surface area contributed by atoms with Gasteiger partial charge in [-0.2, -0.15) is 5.26 Å². The molecule has 1 aromatic heterocycles. The molecule has 0 amide bonds. The van der Waals surface area contributed by atoms with Gasteiger partial charge in [0.1, 0.15) is 11.9 Å². The maximum absolute atomic E-state index is 11.7. The molecular formula is C10H11N3O2S. The Kier molecular flexibility index (Phi) is 2.79. The molecule has 84 valence electrons. The van der Waals surface area contributed by atoms with Crippen LogP contribution in [0.1, 0.15) is 24.8 Å². The van der Waals surface area contributed by atoms with E-state index >= 15 is 0 Å². The topological polar surface area (TPSA) is 82.9 Å². The number of aromatic nitrogens is 1. The quantitative estimate of drug-likeness (QED) is 0.857. The van der Waals surface area contributed by atoms with Crippen molar-refractivity contribution in [1.29, 1.82) is 5.26 Å². The standard InChI is InChI=1S/C10H11N3O2S/c11-6-8-4-5-10(12-7-8)13-16(14,15)9-2-1-3-9/h4-5,7,9H,1-3H2,(H,12,13). The molecule has 0 spiro atoms. The number of hydrogen-bond acceptors (Lipinski definition) is 4. The van der Waals surface area contributed by atoms with Crippen LogP contribution in [0.5, 0.6) is 0 Å². The highest BCUT2D eigenvalue weighted by atomic mass is 32.2. The Balaban J connectivity index is 2.11. The van der Waals surface area contributed by atoms with Crippen LogP contribution in [-0.4, -0.2) is 18.7 Å². The van der Waals surface area contributed by atoms with E-state index in [0.717, 1.165) is 6.42 Å². The van der Waals surface area contributed by atoms with Crippen molar-refractivity contribution < 1.29 is 8.42 Å². The van der Waals surface area contributed by atoms with Crippen molar-refractivity contribution in [3.8, 4) is 6.07 Å². The van der Waals surface area contributed by atoms with Crippen LogP contribution in [0.3, 0.4) is 0 Å². The van der Waals surface area contributed by atoms with Crippen LogP contribution in [0.15, 0.2) is 18.3 Å². The van der Waals surface area contributed by atoms with E-state index in [4.69, 9.17) is 5.26 Å². The van der Waals surface area contributed by atoms with Gasteiger partial charge in [0.15, 0.2) is 0 Å². The molecule has 0 aromatic carbocycles. The third-order valence-corrected chi connectivity index (χ3v) is 4.47. The minimum atomic E-state index is -3.29. The van der Waals surface area contributed by atoms with Crippen molar-refractivity contribution in [2.75, 3.05) is 4.72 Å². The highest BCUT2D eigenvalue weighted by Gasteiger charge is 2.31. The van der Waals surface area contributed by atoms with E-state index in [1.165, 1.54) is 18.3 Å². The number of anilines is 1. The molecule has 0 bridgehead atoms. The summed E-state index contributed by atoms with van der Waals surface area (Å²) in [5, 5.41) is 8.28. The molecule has 1 aliphatic carbocycles. The second kappa shape index (κ2) is 4.10. The molecule has 0 radical (unpaired) electrons. The van der Waals surface area contributed by atoms with Crippen molar-refractivity contribution in [2.45, 2.75) is 24.5 Å². The van der Waals surface area contributed by atoms with Crippen LogP contribution in [0.2, 0.25) is 0 Å². The zero-order chi connectivity index (χ0) is 11.6. The van der Waals surface area contributed by atoms with Gasteiger partial charge in [0, 0.05) is 6.20 Å². The summed E-state index contributed by atoms with van der Waals surface area (Å²) < 4.78 is 25.9. The summed E-state index contributed by atoms with van der Waals surface area (Å²) >= 11 is 0. The van der Waals surface area contributed by atoms with Gasteiger partial charge in [-0.05, 0) is 25.0 Å². The summed E-state index contributed by atoms with van der Waals surface area (Å²) in [7, 11) is -3.29. The molecule has 2 rings (SSSR count). The van der Waals surface area contributed by atoms with Crippen molar-refractivity contribution in [3.05, 3.63) is 23.9 Å². The summed E-state index contributed by atoms with van der Waals surface area (Å²) in [6.07, 6.45) is 3.74. The molecule has 1 heterocycles. The molecule has 1 N–H and O–H groups in total. The first kappa shape index (κ1) is 10.9. The van der Waals surface area contributed by atoms with Gasteiger partial charge in [-0.1, -0.05) is 6.42 Å². The minimum Gasteiger partial charge on any atom is -0.267 e. The molecule has 1 aromatic rings. The monoisotopic (exact) mass is 237 g/mol. The fourth-order valence-corrected chi connectivity index (χ4v) is 2.96. The number of nitriles is 1. The summed E-state index contributed by atoms with van der Waals surface area (Å²) in [6, 6.07) is 4.95. The molecule has 16 heavy (non-hydrogen) atoms. The fourth-order valence-electron chi connectivity index (χ4n) is 1.43. The Bertz CT molecular complexity index is 512. The molecule has 0 unspecified atom stereocenters. The van der Waals surface area contributed by atoms with Gasteiger partial charge >= 0.3 is 0 Å². The number of pyridine rings is 1. The van der Waals surface area contributed by atoms with Crippen molar-refractivity contribution >= 4 is 15.8 Å². The van der Waals surface area contributed by atoms with Crippen LogP contribution in [0, 0.1) is 11.3 Å². The Labute approximate surface area is 94.2 Å². The number of hydrogen-bond donors (Lipinski definition) is 1. The first-order chi connectivity index (χ1) is 7.62. The third-order valence-electron chi connectivity index (χ3n) is 2.63. The van der Waals surface area contributed by atoms with E-state index < -0.39 is 10.0 Å². The van der Waals surface area contributed by atoms with Crippen molar-refractivity contribution in [2.24, 2.45) is 0 Å². The Hall–Kier alpha value is -1.61. The van der Waals surface area contributed by atoms with Crippen molar-refractivity contribution in [3.63, 3.8) is 0 Å². The van der Waals surface area contributed by atoms with Crippen LogP contribution in [-0.2, 0) is 10.0 Å². The van der Waals surface area contributed by atoms with Crippen LogP contribution in [0.25, 0.3) is 0 Å². The number of rotatable bonds is 3. The van der Waals surface area contributed by atoms with E-state index in [1.807, 2.05) is 6.07 Å².